The van der Waals surface area contributed by atoms with Gasteiger partial charge in [-0.05, 0) is 0 Å². The molecule has 0 aliphatic carbocycles. The van der Waals surface area contributed by atoms with Crippen molar-refractivity contribution >= 4 is 5.97 Å². The van der Waals surface area contributed by atoms with Gasteiger partial charge in [-0.25, -0.2) is 0 Å². The molecule has 0 saturated carbocycles. The zero-order valence-electron chi connectivity index (χ0n) is 7.67. The Morgan fingerprint density at radius 2 is 1.92 bits per heavy atom. The molecule has 12 heavy (non-hydrogen) atoms. The molecule has 0 atom stereocenters. The van der Waals surface area contributed by atoms with Crippen molar-refractivity contribution < 1.29 is 19.0 Å². The average Bonchev–Trinajstić information content (AvgIpc) is 2.02. The van der Waals surface area contributed by atoms with Gasteiger partial charge in [0.2, 0.25) is 0 Å². The van der Waals surface area contributed by atoms with Gasteiger partial charge in [-0.2, -0.15) is 0 Å². The van der Waals surface area contributed by atoms with Crippen LogP contribution in [-0.2, 0) is 19.0 Å². The Balaban J connectivity index is 2.86. The Labute approximate surface area is 72.8 Å². The van der Waals surface area contributed by atoms with E-state index in [0.717, 1.165) is 6.42 Å². The van der Waals surface area contributed by atoms with Crippen LogP contribution >= 0.6 is 0 Å². The summed E-state index contributed by atoms with van der Waals surface area (Å²) in [6, 6.07) is 0. The normalized spacial score (nSPS) is 9.83. The summed E-state index contributed by atoms with van der Waals surface area (Å²) in [7, 11) is 1.63. The minimum absolute atomic E-state index is 0.244. The monoisotopic (exact) mass is 176 g/mol. The third kappa shape index (κ3) is 9.39. The highest BCUT2D eigenvalue weighted by atomic mass is 16.5. The van der Waals surface area contributed by atoms with Gasteiger partial charge in [0, 0.05) is 27.1 Å². The van der Waals surface area contributed by atoms with Gasteiger partial charge in [-0.15, -0.1) is 0 Å². The molecule has 0 aromatic carbocycles. The summed E-state index contributed by atoms with van der Waals surface area (Å²) < 4.78 is 14.6. The van der Waals surface area contributed by atoms with Crippen LogP contribution in [0.1, 0.15) is 13.3 Å². The molecule has 0 radical (unpaired) electrons. The molecule has 0 aromatic heterocycles. The van der Waals surface area contributed by atoms with Gasteiger partial charge in [-0.3, -0.25) is 4.79 Å². The topological polar surface area (TPSA) is 44.8 Å². The molecular formula is C8H16O4. The van der Waals surface area contributed by atoms with Crippen molar-refractivity contribution in [3.63, 3.8) is 0 Å². The van der Waals surface area contributed by atoms with Gasteiger partial charge in [-0.1, -0.05) is 0 Å². The van der Waals surface area contributed by atoms with Crippen molar-refractivity contribution in [1.29, 1.82) is 0 Å². The Bertz CT molecular complexity index is 114. The first-order chi connectivity index (χ1) is 5.77. The van der Waals surface area contributed by atoms with E-state index in [9.17, 15) is 4.79 Å². The number of carbonyl (C=O) groups is 1. The van der Waals surface area contributed by atoms with Crippen LogP contribution in [-0.4, -0.2) is 39.5 Å². The predicted molar refractivity (Wildman–Crippen MR) is 43.9 cm³/mol. The van der Waals surface area contributed by atoms with E-state index in [1.165, 1.54) is 6.92 Å². The second-order valence-corrected chi connectivity index (χ2v) is 2.30. The van der Waals surface area contributed by atoms with E-state index in [-0.39, 0.29) is 5.97 Å². The first-order valence-electron chi connectivity index (χ1n) is 3.97. The first-order valence-corrected chi connectivity index (χ1v) is 3.97. The lowest BCUT2D eigenvalue weighted by atomic mass is 10.5. The summed E-state index contributed by atoms with van der Waals surface area (Å²) in [4.78, 5) is 10.3. The molecule has 0 amide bonds. The van der Waals surface area contributed by atoms with Crippen molar-refractivity contribution in [3.05, 3.63) is 0 Å². The number of ether oxygens (including phenoxy) is 3. The van der Waals surface area contributed by atoms with Crippen LogP contribution < -0.4 is 0 Å². The molecule has 0 heterocycles. The van der Waals surface area contributed by atoms with E-state index in [2.05, 4.69) is 0 Å². The fourth-order valence-corrected chi connectivity index (χ4v) is 0.621. The largest absolute Gasteiger partial charge is 0.466 e. The lowest BCUT2D eigenvalue weighted by molar-refractivity contribution is -0.141. The molecule has 0 aliphatic rings. The zero-order chi connectivity index (χ0) is 9.23. The van der Waals surface area contributed by atoms with Gasteiger partial charge >= 0.3 is 5.97 Å². The molecule has 0 bridgehead atoms. The van der Waals surface area contributed by atoms with Crippen molar-refractivity contribution in [2.45, 2.75) is 13.3 Å². The molecule has 0 rings (SSSR count). The summed E-state index contributed by atoms with van der Waals surface area (Å²) in [5.74, 6) is -0.244. The average molecular weight is 176 g/mol. The SMILES string of the molecule is COCCOCCCOC(C)=O. The highest BCUT2D eigenvalue weighted by molar-refractivity contribution is 5.65. The lowest BCUT2D eigenvalue weighted by Crippen LogP contribution is -2.07. The third-order valence-electron chi connectivity index (χ3n) is 1.17. The fraction of sp³-hybridized carbons (Fsp3) is 0.875. The maximum absolute atomic E-state index is 10.3. The van der Waals surface area contributed by atoms with Crippen molar-refractivity contribution in [3.8, 4) is 0 Å². The second-order valence-electron chi connectivity index (χ2n) is 2.30. The van der Waals surface area contributed by atoms with Crippen LogP contribution in [0.15, 0.2) is 0 Å². The Morgan fingerprint density at radius 1 is 1.17 bits per heavy atom. The van der Waals surface area contributed by atoms with Gasteiger partial charge in [0.05, 0.1) is 19.8 Å². The lowest BCUT2D eigenvalue weighted by Gasteiger charge is -2.03. The number of hydrogen-bond acceptors (Lipinski definition) is 4. The molecule has 0 unspecified atom stereocenters. The Hall–Kier alpha value is -0.610. The number of esters is 1. The molecule has 72 valence electrons. The van der Waals surface area contributed by atoms with Crippen molar-refractivity contribution in [1.82, 2.24) is 0 Å². The maximum Gasteiger partial charge on any atom is 0.302 e. The zero-order valence-corrected chi connectivity index (χ0v) is 7.67. The standard InChI is InChI=1S/C8H16O4/c1-8(9)12-5-3-4-11-7-6-10-2/h3-7H2,1-2H3. The maximum atomic E-state index is 10.3. The first kappa shape index (κ1) is 11.4. The molecule has 4 nitrogen and oxygen atoms in total. The van der Waals surface area contributed by atoms with Crippen molar-refractivity contribution in [2.24, 2.45) is 0 Å². The van der Waals surface area contributed by atoms with Crippen LogP contribution in [0.5, 0.6) is 0 Å². The number of rotatable bonds is 7. The molecule has 0 aliphatic heterocycles. The smallest absolute Gasteiger partial charge is 0.302 e. The summed E-state index contributed by atoms with van der Waals surface area (Å²) in [5, 5.41) is 0. The van der Waals surface area contributed by atoms with Crippen LogP contribution in [0.3, 0.4) is 0 Å². The minimum atomic E-state index is -0.244. The van der Waals surface area contributed by atoms with E-state index in [0.29, 0.717) is 26.4 Å². The predicted octanol–water partition coefficient (Wildman–Crippen LogP) is 0.603. The third-order valence-corrected chi connectivity index (χ3v) is 1.17. The Morgan fingerprint density at radius 3 is 2.50 bits per heavy atom. The summed E-state index contributed by atoms with van der Waals surface area (Å²) in [5.41, 5.74) is 0. The van der Waals surface area contributed by atoms with Crippen LogP contribution in [0, 0.1) is 0 Å². The number of carbonyl (C=O) groups excluding carboxylic acids is 1. The molecule has 0 fully saturated rings. The number of methoxy groups -OCH3 is 1. The fourth-order valence-electron chi connectivity index (χ4n) is 0.621. The molecular weight excluding hydrogens is 160 g/mol. The minimum Gasteiger partial charge on any atom is -0.466 e. The van der Waals surface area contributed by atoms with E-state index in [1.807, 2.05) is 0 Å². The molecule has 0 spiro atoms. The van der Waals surface area contributed by atoms with Gasteiger partial charge in [0.25, 0.3) is 0 Å². The quantitative estimate of drug-likeness (QED) is 0.421. The van der Waals surface area contributed by atoms with Gasteiger partial charge in [0.15, 0.2) is 0 Å². The molecule has 4 heteroatoms. The molecule has 0 aromatic rings. The van der Waals surface area contributed by atoms with Gasteiger partial charge < -0.3 is 14.2 Å². The van der Waals surface area contributed by atoms with Crippen LogP contribution in [0.4, 0.5) is 0 Å². The second kappa shape index (κ2) is 8.49. The number of hydrogen-bond donors (Lipinski definition) is 0. The van der Waals surface area contributed by atoms with E-state index >= 15 is 0 Å². The van der Waals surface area contributed by atoms with E-state index in [1.54, 1.807) is 7.11 Å². The van der Waals surface area contributed by atoms with E-state index < -0.39 is 0 Å². The summed E-state index contributed by atoms with van der Waals surface area (Å²) >= 11 is 0. The van der Waals surface area contributed by atoms with Gasteiger partial charge in [0.1, 0.15) is 0 Å². The highest BCUT2D eigenvalue weighted by Crippen LogP contribution is 1.85. The summed E-state index contributed by atoms with van der Waals surface area (Å²) in [6.07, 6.45) is 0.739. The summed E-state index contributed by atoms with van der Waals surface area (Å²) in [6.45, 7) is 3.63. The highest BCUT2D eigenvalue weighted by Gasteiger charge is 1.92. The molecule has 0 N–H and O–H groups in total. The molecule has 0 saturated heterocycles. The van der Waals surface area contributed by atoms with Crippen LogP contribution in [0.25, 0.3) is 0 Å². The van der Waals surface area contributed by atoms with E-state index in [4.69, 9.17) is 14.2 Å². The van der Waals surface area contributed by atoms with Crippen molar-refractivity contribution in [2.75, 3.05) is 33.5 Å². The Kier molecular flexibility index (Phi) is 8.05. The van der Waals surface area contributed by atoms with Crippen LogP contribution in [0.2, 0.25) is 0 Å².